The topological polar surface area (TPSA) is 76.7 Å². The molecule has 0 bridgehead atoms. The number of ether oxygens (including phenoxy) is 1. The van der Waals surface area contributed by atoms with Gasteiger partial charge in [0.2, 0.25) is 0 Å². The first-order valence-corrected chi connectivity index (χ1v) is 5.67. The highest BCUT2D eigenvalue weighted by atomic mass is 16.6. The first-order chi connectivity index (χ1) is 8.28. The number of amides is 1. The van der Waals surface area contributed by atoms with Crippen LogP contribution in [-0.4, -0.2) is 17.4 Å². The van der Waals surface area contributed by atoms with Gasteiger partial charge in [-0.3, -0.25) is 0 Å². The van der Waals surface area contributed by atoms with E-state index in [1.165, 1.54) is 0 Å². The third-order valence-electron chi connectivity index (χ3n) is 2.02. The van der Waals surface area contributed by atoms with Crippen molar-refractivity contribution in [1.82, 2.24) is 5.43 Å². The average molecular weight is 249 g/mol. The Morgan fingerprint density at radius 2 is 2.06 bits per heavy atom. The molecule has 3 N–H and O–H groups in total. The molecule has 0 heterocycles. The van der Waals surface area contributed by atoms with E-state index in [1.807, 2.05) is 12.1 Å². The fourth-order valence-electron chi connectivity index (χ4n) is 1.26. The van der Waals surface area contributed by atoms with E-state index in [0.29, 0.717) is 11.4 Å². The van der Waals surface area contributed by atoms with Gasteiger partial charge in [-0.1, -0.05) is 12.1 Å². The summed E-state index contributed by atoms with van der Waals surface area (Å²) in [4.78, 5) is 11.4. The van der Waals surface area contributed by atoms with Gasteiger partial charge >= 0.3 is 6.09 Å². The van der Waals surface area contributed by atoms with Crippen LogP contribution in [0.15, 0.2) is 29.4 Å². The zero-order chi connectivity index (χ0) is 13.8. The molecule has 0 aliphatic carbocycles. The Kier molecular flexibility index (Phi) is 4.31. The Morgan fingerprint density at radius 1 is 1.39 bits per heavy atom. The van der Waals surface area contributed by atoms with Crippen LogP contribution in [0, 0.1) is 0 Å². The first-order valence-electron chi connectivity index (χ1n) is 5.67. The molecule has 0 saturated carbocycles. The van der Waals surface area contributed by atoms with Crippen LogP contribution in [0.25, 0.3) is 0 Å². The molecule has 5 nitrogen and oxygen atoms in total. The highest BCUT2D eigenvalue weighted by Gasteiger charge is 2.15. The fourth-order valence-corrected chi connectivity index (χ4v) is 1.26. The monoisotopic (exact) mass is 249 g/mol. The van der Waals surface area contributed by atoms with Gasteiger partial charge in [0.25, 0.3) is 0 Å². The van der Waals surface area contributed by atoms with Gasteiger partial charge in [-0.05, 0) is 45.4 Å². The number of benzene rings is 1. The Morgan fingerprint density at radius 3 is 2.61 bits per heavy atom. The van der Waals surface area contributed by atoms with Crippen molar-refractivity contribution >= 4 is 17.5 Å². The first kappa shape index (κ1) is 14.0. The standard InChI is InChI=1S/C13H19N3O2/c1-9(10-6-5-7-11(14)8-10)15-16-12(17)18-13(2,3)4/h5-8H,14H2,1-4H3,(H,16,17)/b15-9+. The molecule has 0 fully saturated rings. The maximum absolute atomic E-state index is 11.4. The second-order valence-electron chi connectivity index (χ2n) is 4.94. The van der Waals surface area contributed by atoms with Gasteiger partial charge in [0.05, 0.1) is 5.71 Å². The molecule has 5 heteroatoms. The van der Waals surface area contributed by atoms with Gasteiger partial charge in [0.15, 0.2) is 0 Å². The molecule has 0 saturated heterocycles. The van der Waals surface area contributed by atoms with Crippen LogP contribution in [0.3, 0.4) is 0 Å². The number of carbonyl (C=O) groups excluding carboxylic acids is 1. The van der Waals surface area contributed by atoms with Crippen molar-refractivity contribution < 1.29 is 9.53 Å². The van der Waals surface area contributed by atoms with Crippen LogP contribution in [0.4, 0.5) is 10.5 Å². The maximum atomic E-state index is 11.4. The van der Waals surface area contributed by atoms with E-state index >= 15 is 0 Å². The molecule has 0 unspecified atom stereocenters. The molecule has 0 radical (unpaired) electrons. The molecule has 0 spiro atoms. The second-order valence-corrected chi connectivity index (χ2v) is 4.94. The molecule has 1 amide bonds. The van der Waals surface area contributed by atoms with Crippen molar-refractivity contribution in [3.8, 4) is 0 Å². The third kappa shape index (κ3) is 4.86. The minimum Gasteiger partial charge on any atom is -0.443 e. The van der Waals surface area contributed by atoms with E-state index in [0.717, 1.165) is 5.56 Å². The largest absolute Gasteiger partial charge is 0.443 e. The van der Waals surface area contributed by atoms with E-state index in [9.17, 15) is 4.79 Å². The van der Waals surface area contributed by atoms with E-state index < -0.39 is 11.7 Å². The lowest BCUT2D eigenvalue weighted by molar-refractivity contribution is 0.0529. The minimum absolute atomic E-state index is 0.537. The summed E-state index contributed by atoms with van der Waals surface area (Å²) in [6, 6.07) is 7.27. The predicted molar refractivity (Wildman–Crippen MR) is 72.4 cm³/mol. The molecule has 0 aromatic heterocycles. The molecular weight excluding hydrogens is 230 g/mol. The van der Waals surface area contributed by atoms with E-state index in [-0.39, 0.29) is 0 Å². The number of nitrogens with zero attached hydrogens (tertiary/aromatic N) is 1. The molecule has 0 aliphatic heterocycles. The summed E-state index contributed by atoms with van der Waals surface area (Å²) >= 11 is 0. The highest BCUT2D eigenvalue weighted by molar-refractivity contribution is 5.99. The molecule has 1 aromatic carbocycles. The summed E-state index contributed by atoms with van der Waals surface area (Å²) in [5, 5.41) is 3.96. The van der Waals surface area contributed by atoms with Gasteiger partial charge < -0.3 is 10.5 Å². The average Bonchev–Trinajstić information content (AvgIpc) is 2.23. The van der Waals surface area contributed by atoms with Crippen molar-refractivity contribution in [2.24, 2.45) is 5.10 Å². The molecule has 0 atom stereocenters. The van der Waals surface area contributed by atoms with Crippen LogP contribution in [-0.2, 0) is 4.74 Å². The molecule has 1 aromatic rings. The maximum Gasteiger partial charge on any atom is 0.428 e. The van der Waals surface area contributed by atoms with Crippen LogP contribution >= 0.6 is 0 Å². The lowest BCUT2D eigenvalue weighted by Crippen LogP contribution is -2.30. The Labute approximate surface area is 107 Å². The van der Waals surface area contributed by atoms with E-state index in [2.05, 4.69) is 10.5 Å². The minimum atomic E-state index is -0.578. The third-order valence-corrected chi connectivity index (χ3v) is 2.02. The molecule has 18 heavy (non-hydrogen) atoms. The van der Waals surface area contributed by atoms with Crippen LogP contribution in [0.2, 0.25) is 0 Å². The van der Waals surface area contributed by atoms with Crippen LogP contribution in [0.5, 0.6) is 0 Å². The number of nitrogens with one attached hydrogen (secondary N) is 1. The number of nitrogen functional groups attached to an aromatic ring is 1. The number of anilines is 1. The summed E-state index contributed by atoms with van der Waals surface area (Å²) < 4.78 is 5.07. The van der Waals surface area contributed by atoms with Crippen molar-refractivity contribution in [3.05, 3.63) is 29.8 Å². The summed E-state index contributed by atoms with van der Waals surface area (Å²) in [5.41, 5.74) is 9.64. The zero-order valence-electron chi connectivity index (χ0n) is 11.2. The number of hydrogen-bond donors (Lipinski definition) is 2. The summed E-state index contributed by atoms with van der Waals surface area (Å²) in [5.74, 6) is 0. The van der Waals surface area contributed by atoms with Crippen LogP contribution in [0.1, 0.15) is 33.3 Å². The van der Waals surface area contributed by atoms with Gasteiger partial charge in [0.1, 0.15) is 5.60 Å². The van der Waals surface area contributed by atoms with Crippen molar-refractivity contribution in [2.75, 3.05) is 5.73 Å². The van der Waals surface area contributed by atoms with Gasteiger partial charge in [-0.15, -0.1) is 0 Å². The van der Waals surface area contributed by atoms with Gasteiger partial charge in [-0.25, -0.2) is 10.2 Å². The Hall–Kier alpha value is -2.04. The molecular formula is C13H19N3O2. The van der Waals surface area contributed by atoms with Gasteiger partial charge in [0, 0.05) is 5.69 Å². The van der Waals surface area contributed by atoms with Crippen LogP contribution < -0.4 is 11.2 Å². The zero-order valence-corrected chi connectivity index (χ0v) is 11.2. The fraction of sp³-hybridized carbons (Fsp3) is 0.385. The molecule has 0 aliphatic rings. The number of nitrogens with two attached hydrogens (primary N) is 1. The molecule has 98 valence electrons. The van der Waals surface area contributed by atoms with E-state index in [1.54, 1.807) is 39.8 Å². The van der Waals surface area contributed by atoms with Crippen molar-refractivity contribution in [1.29, 1.82) is 0 Å². The lowest BCUT2D eigenvalue weighted by atomic mass is 10.1. The normalized spacial score (nSPS) is 12.1. The molecule has 1 rings (SSSR count). The Bertz CT molecular complexity index is 462. The van der Waals surface area contributed by atoms with E-state index in [4.69, 9.17) is 10.5 Å². The Balaban J connectivity index is 2.65. The number of hydrazone groups is 1. The number of hydrogen-bond acceptors (Lipinski definition) is 4. The smallest absolute Gasteiger partial charge is 0.428 e. The lowest BCUT2D eigenvalue weighted by Gasteiger charge is -2.18. The quantitative estimate of drug-likeness (QED) is 0.480. The van der Waals surface area contributed by atoms with Crippen molar-refractivity contribution in [3.63, 3.8) is 0 Å². The highest BCUT2D eigenvalue weighted by Crippen LogP contribution is 2.08. The van der Waals surface area contributed by atoms with Gasteiger partial charge in [-0.2, -0.15) is 5.10 Å². The SMILES string of the molecule is C/C(=N\NC(=O)OC(C)(C)C)c1cccc(N)c1. The summed E-state index contributed by atoms with van der Waals surface area (Å²) in [7, 11) is 0. The summed E-state index contributed by atoms with van der Waals surface area (Å²) in [6.45, 7) is 7.16. The predicted octanol–water partition coefficient (Wildman–Crippen LogP) is 2.52. The second kappa shape index (κ2) is 5.53. The van der Waals surface area contributed by atoms with Crippen molar-refractivity contribution in [2.45, 2.75) is 33.3 Å². The number of rotatable bonds is 2. The summed E-state index contributed by atoms with van der Waals surface area (Å²) in [6.07, 6.45) is -0.578. The number of carbonyl (C=O) groups is 1.